The van der Waals surface area contributed by atoms with E-state index in [0.29, 0.717) is 5.82 Å². The quantitative estimate of drug-likeness (QED) is 0.880. The van der Waals surface area contributed by atoms with Crippen LogP contribution in [0.5, 0.6) is 0 Å². The maximum Gasteiger partial charge on any atom is 0.232 e. The summed E-state index contributed by atoms with van der Waals surface area (Å²) in [7, 11) is 0. The predicted molar refractivity (Wildman–Crippen MR) is 80.0 cm³/mol. The van der Waals surface area contributed by atoms with Crippen molar-refractivity contribution in [3.05, 3.63) is 60.3 Å². The fraction of sp³-hybridized carbons (Fsp3) is 0.200. The third kappa shape index (κ3) is 2.39. The number of nitrogens with zero attached hydrogens (tertiary/aromatic N) is 1. The maximum atomic E-state index is 12.3. The van der Waals surface area contributed by atoms with Crippen LogP contribution in [0.1, 0.15) is 11.5 Å². The molecule has 0 unspecified atom stereocenters. The zero-order valence-corrected chi connectivity index (χ0v) is 12.0. The monoisotopic (exact) mass is 306 g/mol. The van der Waals surface area contributed by atoms with E-state index in [1.807, 2.05) is 30.3 Å². The Morgan fingerprint density at radius 2 is 1.80 bits per heavy atom. The van der Waals surface area contributed by atoms with E-state index in [0.717, 1.165) is 5.56 Å². The summed E-state index contributed by atoms with van der Waals surface area (Å²) in [5.74, 6) is -0.353. The molecule has 3 nitrogen and oxygen atoms in total. The Hall–Kier alpha value is -1.58. The topological polar surface area (TPSA) is 42.0 Å². The minimum Gasteiger partial charge on any atom is -0.310 e. The summed E-state index contributed by atoms with van der Waals surface area (Å²) >= 11 is 12.5. The van der Waals surface area contributed by atoms with Gasteiger partial charge in [-0.1, -0.05) is 36.4 Å². The lowest BCUT2D eigenvalue weighted by molar-refractivity contribution is -0.117. The molecule has 0 spiro atoms. The van der Waals surface area contributed by atoms with Gasteiger partial charge in [-0.3, -0.25) is 4.79 Å². The molecule has 1 fully saturated rings. The van der Waals surface area contributed by atoms with E-state index >= 15 is 0 Å². The van der Waals surface area contributed by atoms with Crippen molar-refractivity contribution >= 4 is 34.9 Å². The number of pyridine rings is 1. The molecule has 1 aromatic carbocycles. The van der Waals surface area contributed by atoms with Gasteiger partial charge in [-0.15, -0.1) is 23.2 Å². The van der Waals surface area contributed by atoms with Crippen molar-refractivity contribution in [2.24, 2.45) is 5.92 Å². The van der Waals surface area contributed by atoms with E-state index in [9.17, 15) is 4.79 Å². The third-order valence-electron chi connectivity index (χ3n) is 3.41. The highest BCUT2D eigenvalue weighted by Gasteiger charge is 2.67. The molecule has 0 aliphatic heterocycles. The fourth-order valence-corrected chi connectivity index (χ4v) is 3.20. The second-order valence-corrected chi connectivity index (χ2v) is 6.19. The van der Waals surface area contributed by atoms with Crippen molar-refractivity contribution < 1.29 is 4.79 Å². The number of alkyl halides is 2. The first kappa shape index (κ1) is 13.4. The molecule has 3 rings (SSSR count). The Balaban J connectivity index is 1.76. The fourth-order valence-electron chi connectivity index (χ4n) is 2.37. The van der Waals surface area contributed by atoms with E-state index in [1.165, 1.54) is 0 Å². The van der Waals surface area contributed by atoms with Crippen molar-refractivity contribution in [3.8, 4) is 0 Å². The Kier molecular flexibility index (Phi) is 3.40. The van der Waals surface area contributed by atoms with E-state index in [2.05, 4.69) is 10.3 Å². The molecule has 1 aliphatic rings. The number of hydrogen-bond donors (Lipinski definition) is 1. The molecule has 2 aromatic rings. The first-order chi connectivity index (χ1) is 9.60. The number of nitrogens with one attached hydrogen (secondary N) is 1. The molecule has 1 amide bonds. The number of carbonyl (C=O) groups excluding carboxylic acids is 1. The number of amides is 1. The van der Waals surface area contributed by atoms with Crippen LogP contribution in [0, 0.1) is 5.92 Å². The highest BCUT2D eigenvalue weighted by molar-refractivity contribution is 6.53. The number of hydrogen-bond acceptors (Lipinski definition) is 2. The second-order valence-electron chi connectivity index (χ2n) is 4.74. The minimum atomic E-state index is -1.06. The Morgan fingerprint density at radius 1 is 1.10 bits per heavy atom. The van der Waals surface area contributed by atoms with Gasteiger partial charge in [0.1, 0.15) is 10.2 Å². The lowest BCUT2D eigenvalue weighted by Gasteiger charge is -2.03. The summed E-state index contributed by atoms with van der Waals surface area (Å²) in [6.07, 6.45) is 1.62. The van der Waals surface area contributed by atoms with Gasteiger partial charge in [0.25, 0.3) is 0 Å². The highest BCUT2D eigenvalue weighted by Crippen LogP contribution is 2.65. The van der Waals surface area contributed by atoms with Crippen LogP contribution in [0.25, 0.3) is 0 Å². The number of benzene rings is 1. The summed E-state index contributed by atoms with van der Waals surface area (Å²) in [5, 5.41) is 2.74. The zero-order valence-electron chi connectivity index (χ0n) is 10.5. The summed E-state index contributed by atoms with van der Waals surface area (Å²) in [4.78, 5) is 16.3. The summed E-state index contributed by atoms with van der Waals surface area (Å²) in [5.41, 5.74) is 0.971. The first-order valence-corrected chi connectivity index (χ1v) is 7.01. The van der Waals surface area contributed by atoms with Crippen molar-refractivity contribution in [3.63, 3.8) is 0 Å². The van der Waals surface area contributed by atoms with E-state index in [4.69, 9.17) is 23.2 Å². The van der Waals surface area contributed by atoms with Gasteiger partial charge in [-0.25, -0.2) is 4.98 Å². The van der Waals surface area contributed by atoms with Crippen molar-refractivity contribution in [2.45, 2.75) is 10.3 Å². The lowest BCUT2D eigenvalue weighted by Crippen LogP contribution is -2.17. The molecular weight excluding hydrogens is 295 g/mol. The molecule has 5 heteroatoms. The Morgan fingerprint density at radius 3 is 2.45 bits per heavy atom. The first-order valence-electron chi connectivity index (χ1n) is 6.25. The smallest absolute Gasteiger partial charge is 0.232 e. The third-order valence-corrected chi connectivity index (χ3v) is 4.35. The van der Waals surface area contributed by atoms with Gasteiger partial charge in [0.15, 0.2) is 0 Å². The summed E-state index contributed by atoms with van der Waals surface area (Å²) in [6.45, 7) is 0. The second kappa shape index (κ2) is 5.08. The molecule has 1 aromatic heterocycles. The SMILES string of the molecule is O=C(Nc1ccccn1)[C@@H]1[C@@H](c2ccccc2)C1(Cl)Cl. The average molecular weight is 307 g/mol. The van der Waals surface area contributed by atoms with Crippen LogP contribution in [0.3, 0.4) is 0 Å². The van der Waals surface area contributed by atoms with Gasteiger partial charge >= 0.3 is 0 Å². The molecule has 1 aliphatic carbocycles. The number of rotatable bonds is 3. The number of carbonyl (C=O) groups is 1. The average Bonchev–Trinajstić information content (AvgIpc) is 3.04. The minimum absolute atomic E-state index is 0.184. The van der Waals surface area contributed by atoms with Crippen LogP contribution in [-0.2, 0) is 4.79 Å². The van der Waals surface area contributed by atoms with Crippen LogP contribution in [0.15, 0.2) is 54.7 Å². The van der Waals surface area contributed by atoms with Gasteiger partial charge in [0.2, 0.25) is 5.91 Å². The largest absolute Gasteiger partial charge is 0.310 e. The van der Waals surface area contributed by atoms with E-state index < -0.39 is 10.3 Å². The summed E-state index contributed by atoms with van der Waals surface area (Å²) in [6, 6.07) is 14.9. The molecule has 0 bridgehead atoms. The van der Waals surface area contributed by atoms with Crippen LogP contribution in [0.2, 0.25) is 0 Å². The molecule has 102 valence electrons. The van der Waals surface area contributed by atoms with Crippen LogP contribution < -0.4 is 5.32 Å². The molecule has 1 saturated carbocycles. The van der Waals surface area contributed by atoms with Crippen LogP contribution in [-0.4, -0.2) is 15.2 Å². The van der Waals surface area contributed by atoms with E-state index in [1.54, 1.807) is 24.4 Å². The van der Waals surface area contributed by atoms with Gasteiger partial charge in [-0.05, 0) is 17.7 Å². The normalized spacial score (nSPS) is 23.1. The van der Waals surface area contributed by atoms with Crippen LogP contribution in [0.4, 0.5) is 5.82 Å². The Bertz CT molecular complexity index is 616. The van der Waals surface area contributed by atoms with E-state index in [-0.39, 0.29) is 11.8 Å². The molecule has 0 radical (unpaired) electrons. The standard InChI is InChI=1S/C15H12Cl2N2O/c16-15(17)12(10-6-2-1-3-7-10)13(15)14(20)19-11-8-4-5-9-18-11/h1-9,12-13H,(H,18,19,20)/t12-,13+/m1/s1. The molecule has 1 N–H and O–H groups in total. The molecule has 0 saturated heterocycles. The van der Waals surface area contributed by atoms with Crippen molar-refractivity contribution in [2.75, 3.05) is 5.32 Å². The number of anilines is 1. The summed E-state index contributed by atoms with van der Waals surface area (Å²) < 4.78 is -1.06. The van der Waals surface area contributed by atoms with Gasteiger partial charge in [-0.2, -0.15) is 0 Å². The molecule has 1 heterocycles. The Labute approximate surface area is 126 Å². The molecular formula is C15H12Cl2N2O. The number of halogens is 2. The maximum absolute atomic E-state index is 12.3. The number of aromatic nitrogens is 1. The van der Waals surface area contributed by atoms with Crippen LogP contribution >= 0.6 is 23.2 Å². The van der Waals surface area contributed by atoms with Gasteiger partial charge < -0.3 is 5.32 Å². The van der Waals surface area contributed by atoms with Crippen molar-refractivity contribution in [1.29, 1.82) is 0 Å². The molecule has 20 heavy (non-hydrogen) atoms. The zero-order chi connectivity index (χ0) is 14.2. The predicted octanol–water partition coefficient (Wildman–Crippen LogP) is 3.61. The van der Waals surface area contributed by atoms with Crippen molar-refractivity contribution in [1.82, 2.24) is 4.98 Å². The van der Waals surface area contributed by atoms with Gasteiger partial charge in [0, 0.05) is 12.1 Å². The van der Waals surface area contributed by atoms with Gasteiger partial charge in [0.05, 0.1) is 5.92 Å². The lowest BCUT2D eigenvalue weighted by atomic mass is 10.1. The molecule has 2 atom stereocenters. The highest BCUT2D eigenvalue weighted by atomic mass is 35.5.